The van der Waals surface area contributed by atoms with Gasteiger partial charge >= 0.3 is 0 Å². The van der Waals surface area contributed by atoms with E-state index >= 15 is 0 Å². The van der Waals surface area contributed by atoms with Crippen LogP contribution in [0.3, 0.4) is 0 Å². The molecule has 1 fully saturated rings. The fraction of sp³-hybridized carbons (Fsp3) is 0.471. The lowest BCUT2D eigenvalue weighted by Crippen LogP contribution is -2.58. The molecule has 9 heteroatoms. The third-order valence-corrected chi connectivity index (χ3v) is 5.08. The molecule has 0 atom stereocenters. The SMILES string of the molecule is COc1cc(C(N)=S)c(N2C(N)=NC(N)=NC23CCCCC3)cc1OC. The van der Waals surface area contributed by atoms with Crippen molar-refractivity contribution in [1.29, 1.82) is 0 Å². The Hall–Kier alpha value is -2.55. The Morgan fingerprint density at radius 1 is 1.12 bits per heavy atom. The predicted molar refractivity (Wildman–Crippen MR) is 107 cm³/mol. The summed E-state index contributed by atoms with van der Waals surface area (Å²) in [5, 5.41) is 0. The smallest absolute Gasteiger partial charge is 0.220 e. The van der Waals surface area contributed by atoms with Crippen molar-refractivity contribution in [1.82, 2.24) is 0 Å². The highest BCUT2D eigenvalue weighted by molar-refractivity contribution is 7.80. The number of benzene rings is 1. The molecule has 26 heavy (non-hydrogen) atoms. The topological polar surface area (TPSA) is 124 Å². The number of hydrogen-bond acceptors (Lipinski definition) is 8. The number of nitrogens with two attached hydrogens (primary N) is 3. The lowest BCUT2D eigenvalue weighted by molar-refractivity contribution is 0.305. The number of hydrogen-bond donors (Lipinski definition) is 3. The van der Waals surface area contributed by atoms with Crippen LogP contribution < -0.4 is 31.6 Å². The molecule has 0 aromatic heterocycles. The third kappa shape index (κ3) is 3.03. The van der Waals surface area contributed by atoms with E-state index in [-0.39, 0.29) is 16.9 Å². The van der Waals surface area contributed by atoms with Crippen molar-refractivity contribution in [3.05, 3.63) is 17.7 Å². The van der Waals surface area contributed by atoms with Crippen LogP contribution in [0.15, 0.2) is 22.1 Å². The summed E-state index contributed by atoms with van der Waals surface area (Å²) in [6, 6.07) is 3.56. The molecule has 0 radical (unpaired) electrons. The molecule has 1 aromatic carbocycles. The second kappa shape index (κ2) is 6.99. The van der Waals surface area contributed by atoms with Gasteiger partial charge in [0.1, 0.15) is 10.7 Å². The van der Waals surface area contributed by atoms with Gasteiger partial charge in [-0.25, -0.2) is 4.99 Å². The Bertz CT molecular complexity index is 786. The van der Waals surface area contributed by atoms with Crippen LogP contribution >= 0.6 is 12.2 Å². The summed E-state index contributed by atoms with van der Waals surface area (Å²) in [5.74, 6) is 1.54. The zero-order chi connectivity index (χ0) is 18.9. The Morgan fingerprint density at radius 3 is 2.31 bits per heavy atom. The largest absolute Gasteiger partial charge is 0.493 e. The molecule has 1 spiro atoms. The molecular formula is C17H24N6O2S. The second-order valence-electron chi connectivity index (χ2n) is 6.41. The molecule has 140 valence electrons. The highest BCUT2D eigenvalue weighted by Gasteiger charge is 2.43. The summed E-state index contributed by atoms with van der Waals surface area (Å²) < 4.78 is 10.8. The normalized spacial score (nSPS) is 18.9. The van der Waals surface area contributed by atoms with E-state index in [4.69, 9.17) is 38.9 Å². The first-order valence-corrected chi connectivity index (χ1v) is 8.88. The highest BCUT2D eigenvalue weighted by Crippen LogP contribution is 2.43. The molecule has 1 aliphatic carbocycles. The Labute approximate surface area is 158 Å². The van der Waals surface area contributed by atoms with Crippen molar-refractivity contribution in [2.24, 2.45) is 27.2 Å². The van der Waals surface area contributed by atoms with E-state index in [1.807, 2.05) is 11.0 Å². The molecule has 1 heterocycles. The molecule has 1 aliphatic heterocycles. The number of anilines is 1. The lowest BCUT2D eigenvalue weighted by Gasteiger charge is -2.46. The van der Waals surface area contributed by atoms with Gasteiger partial charge in [-0.3, -0.25) is 4.90 Å². The molecule has 6 N–H and O–H groups in total. The van der Waals surface area contributed by atoms with Crippen LogP contribution in [0, 0.1) is 0 Å². The number of rotatable bonds is 4. The Morgan fingerprint density at radius 2 is 1.73 bits per heavy atom. The van der Waals surface area contributed by atoms with E-state index in [1.165, 1.54) is 0 Å². The monoisotopic (exact) mass is 376 g/mol. The Kier molecular flexibility index (Phi) is 4.90. The first kappa shape index (κ1) is 18.2. The van der Waals surface area contributed by atoms with Gasteiger partial charge < -0.3 is 26.7 Å². The van der Waals surface area contributed by atoms with Gasteiger partial charge in [-0.15, -0.1) is 0 Å². The van der Waals surface area contributed by atoms with Crippen molar-refractivity contribution in [3.63, 3.8) is 0 Å². The van der Waals surface area contributed by atoms with Crippen LogP contribution in [0.1, 0.15) is 37.7 Å². The molecule has 0 amide bonds. The van der Waals surface area contributed by atoms with E-state index in [1.54, 1.807) is 20.3 Å². The summed E-state index contributed by atoms with van der Waals surface area (Å²) >= 11 is 5.27. The molecule has 0 bridgehead atoms. The summed E-state index contributed by atoms with van der Waals surface area (Å²) in [5.41, 5.74) is 18.9. The fourth-order valence-corrected chi connectivity index (χ4v) is 3.88. The number of guanidine groups is 2. The molecule has 2 aliphatic rings. The van der Waals surface area contributed by atoms with Crippen molar-refractivity contribution < 1.29 is 9.47 Å². The lowest BCUT2D eigenvalue weighted by atomic mass is 9.87. The number of methoxy groups -OCH3 is 2. The number of ether oxygens (including phenoxy) is 2. The average molecular weight is 376 g/mol. The van der Waals surface area contributed by atoms with Crippen molar-refractivity contribution in [2.75, 3.05) is 19.1 Å². The van der Waals surface area contributed by atoms with Crippen LogP contribution in [0.25, 0.3) is 0 Å². The second-order valence-corrected chi connectivity index (χ2v) is 6.85. The van der Waals surface area contributed by atoms with Gasteiger partial charge in [0, 0.05) is 11.6 Å². The van der Waals surface area contributed by atoms with Crippen molar-refractivity contribution in [2.45, 2.75) is 37.8 Å². The minimum absolute atomic E-state index is 0.193. The molecule has 3 rings (SSSR count). The van der Waals surface area contributed by atoms with Crippen LogP contribution in [0.5, 0.6) is 11.5 Å². The van der Waals surface area contributed by atoms with E-state index < -0.39 is 5.66 Å². The maximum atomic E-state index is 6.30. The third-order valence-electron chi connectivity index (χ3n) is 4.86. The van der Waals surface area contributed by atoms with Crippen molar-refractivity contribution >= 4 is 34.8 Å². The fourth-order valence-electron chi connectivity index (χ4n) is 3.72. The standard InChI is InChI=1S/C17H24N6O2S/c1-24-12-8-10(14(18)26)11(9-13(12)25-2)23-16(20)21-15(19)22-17(23)6-4-3-5-7-17/h8-9H,3-7H2,1-2H3,(H2,18,26)(H4,19,20,21,22). The molecule has 1 aromatic rings. The Balaban J connectivity index is 2.22. The number of aliphatic imine (C=N–C) groups is 2. The molecule has 0 unspecified atom stereocenters. The summed E-state index contributed by atoms with van der Waals surface area (Å²) in [4.78, 5) is 11.0. The number of nitrogens with zero attached hydrogens (tertiary/aromatic N) is 3. The first-order valence-electron chi connectivity index (χ1n) is 8.47. The van der Waals surface area contributed by atoms with E-state index in [0.717, 1.165) is 32.1 Å². The van der Waals surface area contributed by atoms with Gasteiger partial charge in [-0.05, 0) is 31.7 Å². The summed E-state index contributed by atoms with van der Waals surface area (Å²) in [6.07, 6.45) is 4.83. The van der Waals surface area contributed by atoms with Crippen LogP contribution in [0.2, 0.25) is 0 Å². The maximum Gasteiger partial charge on any atom is 0.220 e. The van der Waals surface area contributed by atoms with Gasteiger partial charge in [-0.2, -0.15) is 4.99 Å². The predicted octanol–water partition coefficient (Wildman–Crippen LogP) is 1.45. The summed E-state index contributed by atoms with van der Waals surface area (Å²) in [6.45, 7) is 0. The molecule has 1 saturated carbocycles. The van der Waals surface area contributed by atoms with Gasteiger partial charge in [0.15, 0.2) is 11.5 Å². The minimum atomic E-state index is -0.590. The quantitative estimate of drug-likeness (QED) is 0.679. The maximum absolute atomic E-state index is 6.30. The first-order chi connectivity index (χ1) is 12.4. The summed E-state index contributed by atoms with van der Waals surface area (Å²) in [7, 11) is 3.13. The van der Waals surface area contributed by atoms with Crippen LogP contribution in [-0.2, 0) is 0 Å². The molecular weight excluding hydrogens is 352 g/mol. The zero-order valence-electron chi connectivity index (χ0n) is 15.0. The van der Waals surface area contributed by atoms with Crippen molar-refractivity contribution in [3.8, 4) is 11.5 Å². The van der Waals surface area contributed by atoms with Gasteiger partial charge in [-0.1, -0.05) is 18.6 Å². The minimum Gasteiger partial charge on any atom is -0.493 e. The average Bonchev–Trinajstić information content (AvgIpc) is 2.60. The molecule has 8 nitrogen and oxygen atoms in total. The van der Waals surface area contributed by atoms with E-state index in [2.05, 4.69) is 9.98 Å². The van der Waals surface area contributed by atoms with Crippen LogP contribution in [-0.4, -0.2) is 36.8 Å². The van der Waals surface area contributed by atoms with Crippen LogP contribution in [0.4, 0.5) is 5.69 Å². The van der Waals surface area contributed by atoms with Gasteiger partial charge in [0.2, 0.25) is 11.9 Å². The number of thiocarbonyl (C=S) groups is 1. The zero-order valence-corrected chi connectivity index (χ0v) is 15.8. The highest BCUT2D eigenvalue weighted by atomic mass is 32.1. The van der Waals surface area contributed by atoms with E-state index in [9.17, 15) is 0 Å². The van der Waals surface area contributed by atoms with E-state index in [0.29, 0.717) is 22.7 Å². The molecule has 0 saturated heterocycles. The van der Waals surface area contributed by atoms with Gasteiger partial charge in [0.25, 0.3) is 0 Å². The van der Waals surface area contributed by atoms with Gasteiger partial charge in [0.05, 0.1) is 19.9 Å².